The largest absolute Gasteiger partial charge is 0.480 e. The number of hydrogen-bond acceptors (Lipinski definition) is 5. The predicted molar refractivity (Wildman–Crippen MR) is 91.8 cm³/mol. The topological polar surface area (TPSA) is 121 Å². The summed E-state index contributed by atoms with van der Waals surface area (Å²) in [6, 6.07) is -1.94. The monoisotopic (exact) mass is 350 g/mol. The van der Waals surface area contributed by atoms with Crippen molar-refractivity contribution in [2.24, 2.45) is 11.3 Å². The Labute approximate surface area is 147 Å². The number of amides is 2. The van der Waals surface area contributed by atoms with Crippen molar-refractivity contribution in [2.45, 2.75) is 53.1 Å². The lowest BCUT2D eigenvalue weighted by Crippen LogP contribution is -2.57. The summed E-state index contributed by atoms with van der Waals surface area (Å²) >= 11 is 0. The average molecular weight is 350 g/mol. The van der Waals surface area contributed by atoms with Crippen molar-refractivity contribution in [2.75, 3.05) is 0 Å². The zero-order valence-electron chi connectivity index (χ0n) is 15.2. The van der Waals surface area contributed by atoms with Gasteiger partial charge < -0.3 is 15.7 Å². The van der Waals surface area contributed by atoms with Gasteiger partial charge in [0.2, 0.25) is 5.91 Å². The molecule has 0 saturated heterocycles. The number of aromatic nitrogens is 2. The lowest BCUT2D eigenvalue weighted by Gasteiger charge is -2.31. The Morgan fingerprint density at radius 3 is 2.28 bits per heavy atom. The van der Waals surface area contributed by atoms with Gasteiger partial charge in [-0.05, 0) is 11.3 Å². The Balaban J connectivity index is 2.96. The van der Waals surface area contributed by atoms with E-state index >= 15 is 0 Å². The van der Waals surface area contributed by atoms with Crippen LogP contribution < -0.4 is 10.6 Å². The molecule has 25 heavy (non-hydrogen) atoms. The molecule has 0 fully saturated rings. The summed E-state index contributed by atoms with van der Waals surface area (Å²) in [5.41, 5.74) is -0.578. The SMILES string of the molecule is CCC(C)[C@H](NC(=O)c1cnccn1)C(=O)N[C@H](C(=O)O)C(C)(C)C. The molecule has 0 saturated carbocycles. The molecule has 3 N–H and O–H groups in total. The third-order valence-corrected chi connectivity index (χ3v) is 3.98. The van der Waals surface area contributed by atoms with E-state index in [1.807, 2.05) is 13.8 Å². The van der Waals surface area contributed by atoms with Crippen molar-refractivity contribution in [3.05, 3.63) is 24.3 Å². The van der Waals surface area contributed by atoms with Crippen LogP contribution in [0.25, 0.3) is 0 Å². The zero-order chi connectivity index (χ0) is 19.2. The van der Waals surface area contributed by atoms with Gasteiger partial charge in [0.05, 0.1) is 6.20 Å². The molecule has 1 aromatic rings. The zero-order valence-corrected chi connectivity index (χ0v) is 15.2. The van der Waals surface area contributed by atoms with E-state index in [4.69, 9.17) is 0 Å². The summed E-state index contributed by atoms with van der Waals surface area (Å²) < 4.78 is 0. The first-order chi connectivity index (χ1) is 11.6. The van der Waals surface area contributed by atoms with Gasteiger partial charge in [-0.15, -0.1) is 0 Å². The van der Waals surface area contributed by atoms with E-state index in [-0.39, 0.29) is 11.6 Å². The highest BCUT2D eigenvalue weighted by atomic mass is 16.4. The molecule has 0 aliphatic heterocycles. The second-order valence-corrected chi connectivity index (χ2v) is 7.07. The number of carbonyl (C=O) groups is 3. The minimum atomic E-state index is -1.12. The summed E-state index contributed by atoms with van der Waals surface area (Å²) in [6.45, 7) is 8.87. The highest BCUT2D eigenvalue weighted by Gasteiger charge is 2.36. The van der Waals surface area contributed by atoms with Crippen molar-refractivity contribution in [1.82, 2.24) is 20.6 Å². The van der Waals surface area contributed by atoms with Crippen LogP contribution in [-0.2, 0) is 9.59 Å². The van der Waals surface area contributed by atoms with Crippen LogP contribution in [-0.4, -0.2) is 44.9 Å². The van der Waals surface area contributed by atoms with Gasteiger partial charge in [0.25, 0.3) is 5.91 Å². The smallest absolute Gasteiger partial charge is 0.326 e. The van der Waals surface area contributed by atoms with Crippen LogP contribution in [0.4, 0.5) is 0 Å². The molecule has 1 rings (SSSR count). The van der Waals surface area contributed by atoms with Crippen LogP contribution in [0.5, 0.6) is 0 Å². The molecule has 0 bridgehead atoms. The maximum absolute atomic E-state index is 12.6. The normalized spacial score (nSPS) is 14.9. The molecule has 0 radical (unpaired) electrons. The molecule has 8 heteroatoms. The Hall–Kier alpha value is -2.51. The minimum Gasteiger partial charge on any atom is -0.480 e. The molecule has 0 aromatic carbocycles. The fourth-order valence-corrected chi connectivity index (χ4v) is 2.21. The molecule has 3 atom stereocenters. The van der Waals surface area contributed by atoms with Crippen LogP contribution >= 0.6 is 0 Å². The van der Waals surface area contributed by atoms with Gasteiger partial charge in [-0.25, -0.2) is 9.78 Å². The lowest BCUT2D eigenvalue weighted by atomic mass is 9.86. The first-order valence-corrected chi connectivity index (χ1v) is 8.18. The number of hydrogen-bond donors (Lipinski definition) is 3. The quantitative estimate of drug-likeness (QED) is 0.680. The predicted octanol–water partition coefficient (Wildman–Crippen LogP) is 1.24. The number of carboxylic acid groups (broad SMARTS) is 1. The molecule has 0 spiro atoms. The average Bonchev–Trinajstić information content (AvgIpc) is 2.55. The standard InChI is InChI=1S/C17H26N4O4/c1-6-10(2)12(20-14(22)11-9-18-7-8-19-11)15(23)21-13(16(24)25)17(3,4)5/h7-10,12-13H,6H2,1-5H3,(H,20,22)(H,21,23)(H,24,25)/t10?,12-,13+/m0/s1. The first kappa shape index (κ1) is 20.5. The molecule has 1 heterocycles. The van der Waals surface area contributed by atoms with Crippen molar-refractivity contribution in [3.63, 3.8) is 0 Å². The van der Waals surface area contributed by atoms with E-state index < -0.39 is 35.3 Å². The van der Waals surface area contributed by atoms with Gasteiger partial charge in [0.1, 0.15) is 17.8 Å². The van der Waals surface area contributed by atoms with Crippen LogP contribution in [0.3, 0.4) is 0 Å². The Bertz CT molecular complexity index is 613. The summed E-state index contributed by atoms with van der Waals surface area (Å²) in [6.07, 6.45) is 4.76. The number of nitrogens with one attached hydrogen (secondary N) is 2. The van der Waals surface area contributed by atoms with Gasteiger partial charge in [0, 0.05) is 12.4 Å². The van der Waals surface area contributed by atoms with Crippen molar-refractivity contribution in [3.8, 4) is 0 Å². The second kappa shape index (κ2) is 8.55. The molecule has 0 aliphatic rings. The summed E-state index contributed by atoms with van der Waals surface area (Å²) in [4.78, 5) is 44.1. The van der Waals surface area contributed by atoms with Gasteiger partial charge in [-0.1, -0.05) is 41.0 Å². The minimum absolute atomic E-state index is 0.0919. The number of aliphatic carboxylic acids is 1. The molecule has 2 amide bonds. The van der Waals surface area contributed by atoms with E-state index in [0.717, 1.165) is 0 Å². The third kappa shape index (κ3) is 5.81. The van der Waals surface area contributed by atoms with Gasteiger partial charge in [-0.2, -0.15) is 0 Å². The molecule has 1 aromatic heterocycles. The van der Waals surface area contributed by atoms with Crippen molar-refractivity contribution in [1.29, 1.82) is 0 Å². The van der Waals surface area contributed by atoms with Crippen molar-refractivity contribution < 1.29 is 19.5 Å². The molecular weight excluding hydrogens is 324 g/mol. The van der Waals surface area contributed by atoms with E-state index in [0.29, 0.717) is 6.42 Å². The summed E-state index contributed by atoms with van der Waals surface area (Å²) in [5.74, 6) is -2.37. The first-order valence-electron chi connectivity index (χ1n) is 8.18. The summed E-state index contributed by atoms with van der Waals surface area (Å²) in [7, 11) is 0. The van der Waals surface area contributed by atoms with Crippen LogP contribution in [0.2, 0.25) is 0 Å². The Kier molecular flexibility index (Phi) is 7.02. The van der Waals surface area contributed by atoms with Gasteiger partial charge in [0.15, 0.2) is 0 Å². The van der Waals surface area contributed by atoms with E-state index in [1.165, 1.54) is 18.6 Å². The van der Waals surface area contributed by atoms with Crippen LogP contribution in [0, 0.1) is 11.3 Å². The fraction of sp³-hybridized carbons (Fsp3) is 0.588. The lowest BCUT2D eigenvalue weighted by molar-refractivity contribution is -0.145. The fourth-order valence-electron chi connectivity index (χ4n) is 2.21. The van der Waals surface area contributed by atoms with Gasteiger partial charge >= 0.3 is 5.97 Å². The molecular formula is C17H26N4O4. The Morgan fingerprint density at radius 1 is 1.20 bits per heavy atom. The molecule has 138 valence electrons. The number of nitrogens with zero attached hydrogens (tertiary/aromatic N) is 2. The van der Waals surface area contributed by atoms with Gasteiger partial charge in [-0.3, -0.25) is 14.6 Å². The Morgan fingerprint density at radius 2 is 1.84 bits per heavy atom. The maximum Gasteiger partial charge on any atom is 0.326 e. The molecule has 1 unspecified atom stereocenters. The van der Waals surface area contributed by atoms with E-state index in [1.54, 1.807) is 20.8 Å². The van der Waals surface area contributed by atoms with Crippen LogP contribution in [0.1, 0.15) is 51.5 Å². The van der Waals surface area contributed by atoms with E-state index in [2.05, 4.69) is 20.6 Å². The second-order valence-electron chi connectivity index (χ2n) is 7.07. The molecule has 0 aliphatic carbocycles. The molecule has 8 nitrogen and oxygen atoms in total. The number of carboxylic acids is 1. The highest BCUT2D eigenvalue weighted by Crippen LogP contribution is 2.20. The van der Waals surface area contributed by atoms with Crippen LogP contribution in [0.15, 0.2) is 18.6 Å². The maximum atomic E-state index is 12.6. The number of carbonyl (C=O) groups excluding carboxylic acids is 2. The van der Waals surface area contributed by atoms with E-state index in [9.17, 15) is 19.5 Å². The number of rotatable bonds is 7. The highest BCUT2D eigenvalue weighted by molar-refractivity contribution is 5.96. The summed E-state index contributed by atoms with van der Waals surface area (Å²) in [5, 5.41) is 14.5. The third-order valence-electron chi connectivity index (χ3n) is 3.98. The van der Waals surface area contributed by atoms with Crippen molar-refractivity contribution >= 4 is 17.8 Å².